The summed E-state index contributed by atoms with van der Waals surface area (Å²) in [7, 11) is 0. The first-order chi connectivity index (χ1) is 10.1. The van der Waals surface area contributed by atoms with Gasteiger partial charge in [0, 0.05) is 12.3 Å². The van der Waals surface area contributed by atoms with Gasteiger partial charge in [0.2, 0.25) is 0 Å². The lowest BCUT2D eigenvalue weighted by atomic mass is 9.88. The summed E-state index contributed by atoms with van der Waals surface area (Å²) in [4.78, 5) is 0. The van der Waals surface area contributed by atoms with Crippen LogP contribution >= 0.6 is 0 Å². The molecule has 0 saturated heterocycles. The number of aliphatic hydroxyl groups excluding tert-OH is 1. The zero-order valence-corrected chi connectivity index (χ0v) is 12.5. The third-order valence-corrected chi connectivity index (χ3v) is 4.17. The van der Waals surface area contributed by atoms with Crippen molar-refractivity contribution < 1.29 is 5.11 Å². The largest absolute Gasteiger partial charge is 0.512 e. The molecule has 0 radical (unpaired) electrons. The fraction of sp³-hybridized carbons (Fsp3) is 0.200. The van der Waals surface area contributed by atoms with Gasteiger partial charge in [-0.25, -0.2) is 0 Å². The minimum absolute atomic E-state index is 0.277. The average Bonchev–Trinajstić information content (AvgIpc) is 2.48. The van der Waals surface area contributed by atoms with Gasteiger partial charge in [-0.1, -0.05) is 54.6 Å². The molecule has 1 nitrogen and oxygen atoms in total. The van der Waals surface area contributed by atoms with Gasteiger partial charge in [0.1, 0.15) is 0 Å². The Morgan fingerprint density at radius 3 is 2.43 bits per heavy atom. The van der Waals surface area contributed by atoms with Crippen molar-refractivity contribution in [2.45, 2.75) is 26.2 Å². The van der Waals surface area contributed by atoms with E-state index in [0.717, 1.165) is 0 Å². The summed E-state index contributed by atoms with van der Waals surface area (Å²) in [6.45, 7) is 4.31. The molecule has 0 saturated carbocycles. The van der Waals surface area contributed by atoms with Crippen LogP contribution < -0.4 is 0 Å². The van der Waals surface area contributed by atoms with Gasteiger partial charge < -0.3 is 5.11 Å². The third-order valence-electron chi connectivity index (χ3n) is 4.17. The molecule has 2 aromatic rings. The highest BCUT2D eigenvalue weighted by Gasteiger charge is 2.14. The van der Waals surface area contributed by atoms with E-state index in [1.54, 1.807) is 6.08 Å². The predicted molar refractivity (Wildman–Crippen MR) is 88.6 cm³/mol. The highest BCUT2D eigenvalue weighted by Crippen LogP contribution is 2.32. The van der Waals surface area contributed by atoms with Crippen LogP contribution in [0.25, 0.3) is 11.1 Å². The van der Waals surface area contributed by atoms with E-state index in [1.165, 1.54) is 27.8 Å². The first-order valence-electron chi connectivity index (χ1n) is 7.38. The van der Waals surface area contributed by atoms with Gasteiger partial charge in [0.05, 0.1) is 5.76 Å². The Balaban J connectivity index is 1.96. The molecular weight excluding hydrogens is 256 g/mol. The predicted octanol–water partition coefficient (Wildman–Crippen LogP) is 5.46. The Labute approximate surface area is 126 Å². The molecule has 3 rings (SSSR count). The second-order valence-electron chi connectivity index (χ2n) is 5.74. The average molecular weight is 276 g/mol. The molecule has 0 aliphatic heterocycles. The molecule has 1 heteroatoms. The molecule has 1 N–H and O–H groups in total. The molecular formula is C20H20O. The molecule has 1 atom stereocenters. The van der Waals surface area contributed by atoms with Crippen molar-refractivity contribution in [2.24, 2.45) is 0 Å². The van der Waals surface area contributed by atoms with E-state index < -0.39 is 0 Å². The summed E-state index contributed by atoms with van der Waals surface area (Å²) in [5.74, 6) is 0.739. The Morgan fingerprint density at radius 2 is 1.71 bits per heavy atom. The maximum atomic E-state index is 9.69. The Hall–Kier alpha value is -2.28. The van der Waals surface area contributed by atoms with Crippen LogP contribution in [0.3, 0.4) is 0 Å². The van der Waals surface area contributed by atoms with Crippen LogP contribution in [0, 0.1) is 13.8 Å². The summed E-state index contributed by atoms with van der Waals surface area (Å²) in [5, 5.41) is 9.69. The summed E-state index contributed by atoms with van der Waals surface area (Å²) in [5.41, 5.74) is 6.43. The van der Waals surface area contributed by atoms with Crippen LogP contribution in [0.5, 0.6) is 0 Å². The van der Waals surface area contributed by atoms with E-state index in [4.69, 9.17) is 0 Å². The van der Waals surface area contributed by atoms with Crippen LogP contribution in [0.4, 0.5) is 0 Å². The fourth-order valence-electron chi connectivity index (χ4n) is 2.99. The van der Waals surface area contributed by atoms with Crippen molar-refractivity contribution in [2.75, 3.05) is 0 Å². The minimum atomic E-state index is 0.277. The van der Waals surface area contributed by atoms with Crippen molar-refractivity contribution in [1.82, 2.24) is 0 Å². The molecule has 21 heavy (non-hydrogen) atoms. The molecule has 0 fully saturated rings. The second kappa shape index (κ2) is 5.61. The van der Waals surface area contributed by atoms with Crippen LogP contribution in [-0.4, -0.2) is 5.11 Å². The molecule has 0 aromatic heterocycles. The van der Waals surface area contributed by atoms with Crippen molar-refractivity contribution in [1.29, 1.82) is 0 Å². The Morgan fingerprint density at radius 1 is 0.952 bits per heavy atom. The number of aryl methyl sites for hydroxylation is 2. The third kappa shape index (κ3) is 2.78. The van der Waals surface area contributed by atoms with Gasteiger partial charge in [-0.05, 0) is 47.7 Å². The van der Waals surface area contributed by atoms with Crippen LogP contribution in [-0.2, 0) is 0 Å². The van der Waals surface area contributed by atoms with Crippen LogP contribution in [0.2, 0.25) is 0 Å². The van der Waals surface area contributed by atoms with Crippen LogP contribution in [0.1, 0.15) is 29.0 Å². The smallest absolute Gasteiger partial charge is 0.0931 e. The summed E-state index contributed by atoms with van der Waals surface area (Å²) in [6.07, 6.45) is 6.56. The molecule has 1 unspecified atom stereocenters. The Bertz CT molecular complexity index is 722. The molecule has 2 aromatic carbocycles. The van der Waals surface area contributed by atoms with Gasteiger partial charge in [-0.3, -0.25) is 0 Å². The molecule has 1 aliphatic rings. The summed E-state index contributed by atoms with van der Waals surface area (Å²) < 4.78 is 0. The molecule has 0 heterocycles. The number of benzene rings is 2. The number of allylic oxidation sites excluding steroid dienone is 4. The molecule has 0 amide bonds. The normalized spacial score (nSPS) is 17.6. The van der Waals surface area contributed by atoms with E-state index in [0.29, 0.717) is 12.2 Å². The number of aliphatic hydroxyl groups is 1. The first kappa shape index (κ1) is 13.7. The van der Waals surface area contributed by atoms with Gasteiger partial charge in [-0.15, -0.1) is 0 Å². The topological polar surface area (TPSA) is 20.2 Å². The van der Waals surface area contributed by atoms with Crippen molar-refractivity contribution in [3.63, 3.8) is 0 Å². The quantitative estimate of drug-likeness (QED) is 0.772. The number of hydrogen-bond donors (Lipinski definition) is 1. The second-order valence-corrected chi connectivity index (χ2v) is 5.74. The zero-order chi connectivity index (χ0) is 14.8. The van der Waals surface area contributed by atoms with E-state index >= 15 is 0 Å². The number of rotatable bonds is 2. The van der Waals surface area contributed by atoms with E-state index in [9.17, 15) is 5.11 Å². The summed E-state index contributed by atoms with van der Waals surface area (Å²) >= 11 is 0. The van der Waals surface area contributed by atoms with Crippen molar-refractivity contribution in [3.05, 3.63) is 83.1 Å². The van der Waals surface area contributed by atoms with Gasteiger partial charge >= 0.3 is 0 Å². The lowest BCUT2D eigenvalue weighted by Gasteiger charge is -2.18. The van der Waals surface area contributed by atoms with Crippen molar-refractivity contribution in [3.8, 4) is 11.1 Å². The van der Waals surface area contributed by atoms with Crippen LogP contribution in [0.15, 0.2) is 66.5 Å². The highest BCUT2D eigenvalue weighted by atomic mass is 16.3. The lowest BCUT2D eigenvalue weighted by molar-refractivity contribution is 0.380. The zero-order valence-electron chi connectivity index (χ0n) is 12.5. The minimum Gasteiger partial charge on any atom is -0.512 e. The Kier molecular flexibility index (Phi) is 3.66. The van der Waals surface area contributed by atoms with Crippen molar-refractivity contribution >= 4 is 0 Å². The highest BCUT2D eigenvalue weighted by molar-refractivity contribution is 5.70. The fourth-order valence-corrected chi connectivity index (χ4v) is 2.99. The first-order valence-corrected chi connectivity index (χ1v) is 7.38. The van der Waals surface area contributed by atoms with E-state index in [1.807, 2.05) is 6.08 Å². The molecule has 1 aliphatic carbocycles. The summed E-state index contributed by atoms with van der Waals surface area (Å²) in [6, 6.07) is 15.1. The van der Waals surface area contributed by atoms with Gasteiger partial charge in [0.25, 0.3) is 0 Å². The number of hydrogen-bond acceptors (Lipinski definition) is 1. The maximum absolute atomic E-state index is 9.69. The maximum Gasteiger partial charge on any atom is 0.0931 e. The van der Waals surface area contributed by atoms with Gasteiger partial charge in [0.15, 0.2) is 0 Å². The standard InChI is InChI=1S/C20H20O/c1-14-6-3-4-9-19(14)20-11-10-17(12-15(20)2)16-7-5-8-18(21)13-16/h3-12,16,21H,13H2,1-2H3. The van der Waals surface area contributed by atoms with E-state index in [2.05, 4.69) is 62.4 Å². The monoisotopic (exact) mass is 276 g/mol. The molecule has 106 valence electrons. The molecule has 0 spiro atoms. The lowest BCUT2D eigenvalue weighted by Crippen LogP contribution is -2.01. The molecule has 0 bridgehead atoms. The SMILES string of the molecule is Cc1ccccc1-c1ccc(C2C=CC=C(O)C2)cc1C. The van der Waals surface area contributed by atoms with E-state index in [-0.39, 0.29) is 5.92 Å². The van der Waals surface area contributed by atoms with Gasteiger partial charge in [-0.2, -0.15) is 0 Å².